The molecule has 0 saturated carbocycles. The highest BCUT2D eigenvalue weighted by Crippen LogP contribution is 2.30. The zero-order chi connectivity index (χ0) is 23.7. The van der Waals surface area contributed by atoms with E-state index in [1.54, 1.807) is 23.2 Å². The predicted octanol–water partition coefficient (Wildman–Crippen LogP) is 1.03. The van der Waals surface area contributed by atoms with Gasteiger partial charge in [0.05, 0.1) is 25.2 Å². The fourth-order valence-electron chi connectivity index (χ4n) is 4.33. The zero-order valence-electron chi connectivity index (χ0n) is 18.0. The van der Waals surface area contributed by atoms with E-state index in [9.17, 15) is 13.6 Å². The van der Waals surface area contributed by atoms with Crippen LogP contribution in [0.2, 0.25) is 0 Å². The van der Waals surface area contributed by atoms with E-state index < -0.39 is 23.3 Å². The molecule has 0 radical (unpaired) electrons. The van der Waals surface area contributed by atoms with Crippen LogP contribution in [0.1, 0.15) is 22.8 Å². The lowest BCUT2D eigenvalue weighted by molar-refractivity contribution is -0.139. The van der Waals surface area contributed by atoms with Gasteiger partial charge >= 0.3 is 0 Å². The Bertz CT molecular complexity index is 1230. The lowest BCUT2D eigenvalue weighted by Gasteiger charge is -2.46. The minimum Gasteiger partial charge on any atom is -0.370 e. The number of nitriles is 1. The maximum Gasteiger partial charge on any atom is 0.227 e. The van der Waals surface area contributed by atoms with Crippen molar-refractivity contribution >= 4 is 5.91 Å². The summed E-state index contributed by atoms with van der Waals surface area (Å²) in [4.78, 5) is 21.1. The van der Waals surface area contributed by atoms with Crippen LogP contribution in [0.5, 0.6) is 0 Å². The molecule has 34 heavy (non-hydrogen) atoms. The fraction of sp³-hybridized carbons (Fsp3) is 0.364. The SMILES string of the molecule is N#Cc1c(F)ccc([C@@H]2CN3CCN(C(=O)Cc4ccc(-n5cnnn5)nc4)C[C@H]3CO2)c1F. The summed E-state index contributed by atoms with van der Waals surface area (Å²) in [6, 6.07) is 7.54. The van der Waals surface area contributed by atoms with Crippen LogP contribution < -0.4 is 0 Å². The van der Waals surface area contributed by atoms with Crippen LogP contribution in [-0.2, 0) is 16.0 Å². The van der Waals surface area contributed by atoms with Crippen LogP contribution in [0, 0.1) is 23.0 Å². The number of halogens is 2. The topological polar surface area (TPSA) is 113 Å². The van der Waals surface area contributed by atoms with Gasteiger partial charge in [-0.15, -0.1) is 5.10 Å². The first-order valence-electron chi connectivity index (χ1n) is 10.7. The van der Waals surface area contributed by atoms with Gasteiger partial charge in [0, 0.05) is 37.9 Å². The molecule has 174 valence electrons. The number of fused-ring (bicyclic) bond motifs is 1. The van der Waals surface area contributed by atoms with Gasteiger partial charge in [-0.25, -0.2) is 13.8 Å². The number of carbonyl (C=O) groups is 1. The third kappa shape index (κ3) is 4.23. The molecular weight excluding hydrogens is 446 g/mol. The molecule has 0 unspecified atom stereocenters. The van der Waals surface area contributed by atoms with Crippen LogP contribution in [0.25, 0.3) is 5.82 Å². The van der Waals surface area contributed by atoms with Crippen molar-refractivity contribution in [3.05, 3.63) is 65.1 Å². The number of aromatic nitrogens is 5. The summed E-state index contributed by atoms with van der Waals surface area (Å²) >= 11 is 0. The van der Waals surface area contributed by atoms with Crippen LogP contribution in [-0.4, -0.2) is 79.7 Å². The van der Waals surface area contributed by atoms with Gasteiger partial charge in [-0.05, 0) is 28.1 Å². The quantitative estimate of drug-likeness (QED) is 0.561. The van der Waals surface area contributed by atoms with E-state index in [2.05, 4.69) is 25.4 Å². The number of amides is 1. The number of nitrogens with zero attached hydrogens (tertiary/aromatic N) is 8. The highest BCUT2D eigenvalue weighted by molar-refractivity contribution is 5.78. The lowest BCUT2D eigenvalue weighted by Crippen LogP contribution is -2.59. The molecule has 12 heteroatoms. The fourth-order valence-corrected chi connectivity index (χ4v) is 4.33. The van der Waals surface area contributed by atoms with Gasteiger partial charge in [-0.3, -0.25) is 9.69 Å². The van der Waals surface area contributed by atoms with Crippen LogP contribution >= 0.6 is 0 Å². The second kappa shape index (κ2) is 9.20. The van der Waals surface area contributed by atoms with Crippen molar-refractivity contribution in [3.8, 4) is 11.9 Å². The molecule has 0 aliphatic carbocycles. The lowest BCUT2D eigenvalue weighted by atomic mass is 10.0. The number of carbonyl (C=O) groups excluding carboxylic acids is 1. The van der Waals surface area contributed by atoms with Crippen molar-refractivity contribution in [2.45, 2.75) is 18.6 Å². The summed E-state index contributed by atoms with van der Waals surface area (Å²) < 4.78 is 35.6. The van der Waals surface area contributed by atoms with Gasteiger partial charge in [0.15, 0.2) is 5.82 Å². The van der Waals surface area contributed by atoms with Gasteiger partial charge in [-0.2, -0.15) is 9.94 Å². The third-order valence-electron chi connectivity index (χ3n) is 6.18. The van der Waals surface area contributed by atoms with Crippen molar-refractivity contribution in [2.75, 3.05) is 32.8 Å². The van der Waals surface area contributed by atoms with E-state index >= 15 is 0 Å². The third-order valence-corrected chi connectivity index (χ3v) is 6.18. The van der Waals surface area contributed by atoms with E-state index in [0.29, 0.717) is 38.6 Å². The Labute approximate surface area is 193 Å². The summed E-state index contributed by atoms with van der Waals surface area (Å²) in [5.41, 5.74) is 0.357. The molecule has 0 N–H and O–H groups in total. The molecule has 2 aliphatic rings. The van der Waals surface area contributed by atoms with Crippen LogP contribution in [0.3, 0.4) is 0 Å². The van der Waals surface area contributed by atoms with E-state index in [4.69, 9.17) is 10.00 Å². The van der Waals surface area contributed by atoms with Crippen molar-refractivity contribution in [1.29, 1.82) is 5.26 Å². The summed E-state index contributed by atoms with van der Waals surface area (Å²) in [7, 11) is 0. The van der Waals surface area contributed by atoms with Crippen molar-refractivity contribution in [2.24, 2.45) is 0 Å². The number of hydrogen-bond donors (Lipinski definition) is 0. The second-order valence-corrected chi connectivity index (χ2v) is 8.20. The van der Waals surface area contributed by atoms with Gasteiger partial charge in [0.2, 0.25) is 5.91 Å². The van der Waals surface area contributed by atoms with Gasteiger partial charge in [0.1, 0.15) is 29.6 Å². The first-order chi connectivity index (χ1) is 16.5. The summed E-state index contributed by atoms with van der Waals surface area (Å²) in [6.45, 7) is 2.35. The predicted molar refractivity (Wildman–Crippen MR) is 112 cm³/mol. The number of morpholine rings is 1. The number of piperazine rings is 1. The minimum atomic E-state index is -0.884. The van der Waals surface area contributed by atoms with Crippen molar-refractivity contribution < 1.29 is 18.3 Å². The maximum atomic E-state index is 14.6. The van der Waals surface area contributed by atoms with Gasteiger partial charge in [0.25, 0.3) is 0 Å². The average Bonchev–Trinajstić information content (AvgIpc) is 3.39. The highest BCUT2D eigenvalue weighted by atomic mass is 19.1. The monoisotopic (exact) mass is 466 g/mol. The number of rotatable bonds is 4. The van der Waals surface area contributed by atoms with E-state index in [1.807, 2.05) is 6.07 Å². The van der Waals surface area contributed by atoms with Crippen LogP contribution in [0.4, 0.5) is 8.78 Å². The normalized spacial score (nSPS) is 20.6. The first kappa shape index (κ1) is 22.0. The van der Waals surface area contributed by atoms with E-state index in [1.165, 1.54) is 17.1 Å². The second-order valence-electron chi connectivity index (χ2n) is 8.20. The smallest absolute Gasteiger partial charge is 0.227 e. The highest BCUT2D eigenvalue weighted by Gasteiger charge is 2.36. The van der Waals surface area contributed by atoms with Crippen LogP contribution in [0.15, 0.2) is 36.8 Å². The number of hydrogen-bond acceptors (Lipinski definition) is 8. The Kier molecular flexibility index (Phi) is 5.95. The molecular formula is C22H20F2N8O2. The Morgan fingerprint density at radius 1 is 1.21 bits per heavy atom. The summed E-state index contributed by atoms with van der Waals surface area (Å²) in [5.74, 6) is -1.21. The number of pyridine rings is 1. The Morgan fingerprint density at radius 2 is 2.09 bits per heavy atom. The Balaban J connectivity index is 1.19. The minimum absolute atomic E-state index is 0.0120. The van der Waals surface area contributed by atoms with Gasteiger partial charge < -0.3 is 9.64 Å². The molecule has 0 bridgehead atoms. The van der Waals surface area contributed by atoms with E-state index in [0.717, 1.165) is 11.6 Å². The standard InChI is InChI=1S/C22H20F2N8O2/c23-18-3-2-16(22(24)17(18)8-25)19-11-30-5-6-31(10-15(30)12-34-19)21(33)7-14-1-4-20(26-9-14)32-13-27-28-29-32/h1-4,9,13,15,19H,5-7,10-12H2/t15-,19-/m0/s1. The summed E-state index contributed by atoms with van der Waals surface area (Å²) in [5, 5.41) is 19.9. The summed E-state index contributed by atoms with van der Waals surface area (Å²) in [6.07, 6.45) is 2.69. The average molecular weight is 466 g/mol. The zero-order valence-corrected chi connectivity index (χ0v) is 18.0. The molecule has 3 aromatic rings. The van der Waals surface area contributed by atoms with Crippen molar-refractivity contribution in [1.82, 2.24) is 35.0 Å². The molecule has 4 heterocycles. The molecule has 0 spiro atoms. The molecule has 2 fully saturated rings. The Hall–Kier alpha value is -3.82. The molecule has 2 aromatic heterocycles. The molecule has 5 rings (SSSR count). The molecule has 1 amide bonds. The first-order valence-corrected chi connectivity index (χ1v) is 10.7. The molecule has 1 aromatic carbocycles. The number of ether oxygens (including phenoxy) is 1. The van der Waals surface area contributed by atoms with Gasteiger partial charge in [-0.1, -0.05) is 12.1 Å². The van der Waals surface area contributed by atoms with Crippen molar-refractivity contribution in [3.63, 3.8) is 0 Å². The van der Waals surface area contributed by atoms with E-state index in [-0.39, 0.29) is 23.9 Å². The molecule has 2 saturated heterocycles. The largest absolute Gasteiger partial charge is 0.370 e. The molecule has 10 nitrogen and oxygen atoms in total. The maximum absolute atomic E-state index is 14.6. The number of benzene rings is 1. The Morgan fingerprint density at radius 3 is 2.82 bits per heavy atom. The molecule has 2 aliphatic heterocycles. The number of tetrazole rings is 1. The molecule has 2 atom stereocenters.